The van der Waals surface area contributed by atoms with Gasteiger partial charge in [-0.05, 0) is 11.6 Å². The van der Waals surface area contributed by atoms with E-state index in [2.05, 4.69) is 16.3 Å². The lowest BCUT2D eigenvalue weighted by Crippen LogP contribution is -2.40. The highest BCUT2D eigenvalue weighted by molar-refractivity contribution is 5.73. The van der Waals surface area contributed by atoms with Gasteiger partial charge >= 0.3 is 0 Å². The zero-order chi connectivity index (χ0) is 14.5. The zero-order valence-corrected chi connectivity index (χ0v) is 11.5. The van der Waals surface area contributed by atoms with Crippen molar-refractivity contribution in [1.29, 1.82) is 5.26 Å². The van der Waals surface area contributed by atoms with E-state index in [0.29, 0.717) is 18.7 Å². The van der Waals surface area contributed by atoms with E-state index in [1.54, 1.807) is 6.07 Å². The molecule has 0 bridgehead atoms. The fraction of sp³-hybridized carbons (Fsp3) is 0.467. The highest BCUT2D eigenvalue weighted by Crippen LogP contribution is 2.20. The summed E-state index contributed by atoms with van der Waals surface area (Å²) in [4.78, 5) is 13.3. The maximum atomic E-state index is 11.2. The van der Waals surface area contributed by atoms with Crippen LogP contribution in [0.4, 0.5) is 0 Å². The Labute approximate surface area is 118 Å². The van der Waals surface area contributed by atoms with E-state index >= 15 is 0 Å². The number of rotatable bonds is 4. The van der Waals surface area contributed by atoms with Gasteiger partial charge in [0.15, 0.2) is 0 Å². The Morgan fingerprint density at radius 2 is 2.25 bits per heavy atom. The van der Waals surface area contributed by atoms with Crippen LogP contribution in [0.15, 0.2) is 24.3 Å². The number of aliphatic hydroxyl groups is 1. The first kappa shape index (κ1) is 14.5. The van der Waals surface area contributed by atoms with Gasteiger partial charge in [-0.15, -0.1) is 0 Å². The Bertz CT molecular complexity index is 524. The Morgan fingerprint density at radius 3 is 2.90 bits per heavy atom. The molecule has 20 heavy (non-hydrogen) atoms. The van der Waals surface area contributed by atoms with E-state index in [1.165, 1.54) is 6.92 Å². The molecule has 2 rings (SSSR count). The maximum Gasteiger partial charge on any atom is 0.217 e. The number of carbonyl (C=O) groups is 1. The molecule has 1 amide bonds. The summed E-state index contributed by atoms with van der Waals surface area (Å²) in [6.07, 6.45) is 0. The van der Waals surface area contributed by atoms with Crippen LogP contribution in [0.25, 0.3) is 0 Å². The zero-order valence-electron chi connectivity index (χ0n) is 11.5. The second-order valence-corrected chi connectivity index (χ2v) is 5.21. The van der Waals surface area contributed by atoms with Crippen LogP contribution in [0.1, 0.15) is 18.1 Å². The molecule has 1 aliphatic heterocycles. The topological polar surface area (TPSA) is 76.4 Å². The monoisotopic (exact) mass is 273 g/mol. The first-order chi connectivity index (χ1) is 9.63. The third kappa shape index (κ3) is 3.35. The van der Waals surface area contributed by atoms with Crippen LogP contribution in [0.2, 0.25) is 0 Å². The van der Waals surface area contributed by atoms with Crippen molar-refractivity contribution >= 4 is 5.91 Å². The van der Waals surface area contributed by atoms with E-state index in [-0.39, 0.29) is 24.5 Å². The van der Waals surface area contributed by atoms with Gasteiger partial charge in [-0.2, -0.15) is 5.26 Å². The lowest BCUT2D eigenvalue weighted by molar-refractivity contribution is -0.119. The van der Waals surface area contributed by atoms with Gasteiger partial charge in [-0.25, -0.2) is 0 Å². The van der Waals surface area contributed by atoms with E-state index in [0.717, 1.165) is 12.1 Å². The molecule has 0 saturated carbocycles. The van der Waals surface area contributed by atoms with Crippen LogP contribution in [-0.4, -0.2) is 41.7 Å². The standard InChI is InChI=1S/C15H19N3O2/c1-11(20)17-15-9-18(8-14(15)10-19)7-13-5-3-2-4-12(13)6-16/h2-5,14-15,19H,7-10H2,1H3,(H,17,20)/t14-,15+/m0/s1. The van der Waals surface area contributed by atoms with E-state index in [4.69, 9.17) is 5.26 Å². The van der Waals surface area contributed by atoms with Crippen LogP contribution >= 0.6 is 0 Å². The molecule has 1 aliphatic rings. The maximum absolute atomic E-state index is 11.2. The third-order valence-corrected chi connectivity index (χ3v) is 3.67. The van der Waals surface area contributed by atoms with Gasteiger partial charge in [0, 0.05) is 45.1 Å². The number of carbonyl (C=O) groups excluding carboxylic acids is 1. The molecule has 1 fully saturated rings. The van der Waals surface area contributed by atoms with Gasteiger partial charge in [0.2, 0.25) is 5.91 Å². The number of amides is 1. The highest BCUT2D eigenvalue weighted by Gasteiger charge is 2.32. The van der Waals surface area contributed by atoms with Crippen molar-refractivity contribution in [3.8, 4) is 6.07 Å². The molecule has 1 saturated heterocycles. The Kier molecular flexibility index (Phi) is 4.72. The molecule has 0 radical (unpaired) electrons. The second kappa shape index (κ2) is 6.51. The lowest BCUT2D eigenvalue weighted by atomic mass is 10.1. The number of hydrogen-bond donors (Lipinski definition) is 2. The van der Waals surface area contributed by atoms with Crippen LogP contribution in [0.5, 0.6) is 0 Å². The molecule has 0 unspecified atom stereocenters. The highest BCUT2D eigenvalue weighted by atomic mass is 16.3. The minimum atomic E-state index is -0.0762. The summed E-state index contributed by atoms with van der Waals surface area (Å²) in [5.74, 6) is -0.0270. The van der Waals surface area contributed by atoms with Gasteiger partial charge < -0.3 is 10.4 Å². The molecular formula is C15H19N3O2. The molecule has 2 atom stereocenters. The molecule has 5 heteroatoms. The quantitative estimate of drug-likeness (QED) is 0.837. The van der Waals surface area contributed by atoms with Gasteiger partial charge in [0.1, 0.15) is 0 Å². The Hall–Kier alpha value is -1.90. The summed E-state index contributed by atoms with van der Waals surface area (Å²) in [6.45, 7) is 3.63. The Morgan fingerprint density at radius 1 is 1.50 bits per heavy atom. The predicted octanol–water partition coefficient (Wildman–Crippen LogP) is 0.487. The minimum absolute atomic E-state index is 0.0215. The lowest BCUT2D eigenvalue weighted by Gasteiger charge is -2.17. The largest absolute Gasteiger partial charge is 0.396 e. The Balaban J connectivity index is 2.04. The van der Waals surface area contributed by atoms with E-state index in [9.17, 15) is 9.90 Å². The van der Waals surface area contributed by atoms with Crippen molar-refractivity contribution < 1.29 is 9.90 Å². The van der Waals surface area contributed by atoms with Gasteiger partial charge in [-0.3, -0.25) is 9.69 Å². The summed E-state index contributed by atoms with van der Waals surface area (Å²) < 4.78 is 0. The normalized spacial score (nSPS) is 22.4. The van der Waals surface area contributed by atoms with E-state index in [1.807, 2.05) is 18.2 Å². The molecule has 5 nitrogen and oxygen atoms in total. The summed E-state index contributed by atoms with van der Waals surface area (Å²) >= 11 is 0. The first-order valence-corrected chi connectivity index (χ1v) is 6.72. The van der Waals surface area contributed by atoms with Gasteiger partial charge in [0.05, 0.1) is 11.6 Å². The number of nitrogens with one attached hydrogen (secondary N) is 1. The number of likely N-dealkylation sites (tertiary alicyclic amines) is 1. The molecule has 1 heterocycles. The number of nitrogens with zero attached hydrogens (tertiary/aromatic N) is 2. The van der Waals surface area contributed by atoms with Crippen molar-refractivity contribution in [3.05, 3.63) is 35.4 Å². The molecule has 2 N–H and O–H groups in total. The summed E-state index contributed by atoms with van der Waals surface area (Å²) in [7, 11) is 0. The van der Waals surface area contributed by atoms with Crippen LogP contribution in [0, 0.1) is 17.2 Å². The molecule has 0 aliphatic carbocycles. The smallest absolute Gasteiger partial charge is 0.217 e. The van der Waals surface area contributed by atoms with Crippen molar-refractivity contribution in [2.45, 2.75) is 19.5 Å². The summed E-state index contributed by atoms with van der Waals surface area (Å²) in [6, 6.07) is 9.69. The molecule has 0 aromatic heterocycles. The number of hydrogen-bond acceptors (Lipinski definition) is 4. The third-order valence-electron chi connectivity index (χ3n) is 3.67. The first-order valence-electron chi connectivity index (χ1n) is 6.72. The molecule has 1 aromatic carbocycles. The van der Waals surface area contributed by atoms with Crippen molar-refractivity contribution in [2.24, 2.45) is 5.92 Å². The second-order valence-electron chi connectivity index (χ2n) is 5.21. The molecular weight excluding hydrogens is 254 g/mol. The van der Waals surface area contributed by atoms with Crippen LogP contribution < -0.4 is 5.32 Å². The fourth-order valence-corrected chi connectivity index (χ4v) is 2.71. The number of aliphatic hydroxyl groups excluding tert-OH is 1. The number of benzene rings is 1. The SMILES string of the molecule is CC(=O)N[C@@H]1CN(Cc2ccccc2C#N)C[C@H]1CO. The predicted molar refractivity (Wildman–Crippen MR) is 74.6 cm³/mol. The van der Waals surface area contributed by atoms with E-state index < -0.39 is 0 Å². The van der Waals surface area contributed by atoms with Crippen molar-refractivity contribution in [1.82, 2.24) is 10.2 Å². The minimum Gasteiger partial charge on any atom is -0.396 e. The van der Waals surface area contributed by atoms with Crippen molar-refractivity contribution in [2.75, 3.05) is 19.7 Å². The van der Waals surface area contributed by atoms with Crippen molar-refractivity contribution in [3.63, 3.8) is 0 Å². The molecule has 106 valence electrons. The fourth-order valence-electron chi connectivity index (χ4n) is 2.71. The summed E-state index contributed by atoms with van der Waals surface area (Å²) in [5, 5.41) is 21.4. The van der Waals surface area contributed by atoms with Crippen LogP contribution in [0.3, 0.4) is 0 Å². The van der Waals surface area contributed by atoms with Crippen LogP contribution in [-0.2, 0) is 11.3 Å². The van der Waals surface area contributed by atoms with Gasteiger partial charge in [0.25, 0.3) is 0 Å². The summed E-state index contributed by atoms with van der Waals surface area (Å²) in [5.41, 5.74) is 1.66. The average Bonchev–Trinajstić information content (AvgIpc) is 2.80. The number of nitriles is 1. The average molecular weight is 273 g/mol. The van der Waals surface area contributed by atoms with Gasteiger partial charge in [-0.1, -0.05) is 18.2 Å². The molecule has 0 spiro atoms. The molecule has 1 aromatic rings.